The molecule has 0 aliphatic carbocycles. The first kappa shape index (κ1) is 13.3. The Hall–Kier alpha value is -1.68. The highest BCUT2D eigenvalue weighted by Crippen LogP contribution is 2.34. The van der Waals surface area contributed by atoms with E-state index in [4.69, 9.17) is 16.3 Å². The highest BCUT2D eigenvalue weighted by Gasteiger charge is 2.21. The summed E-state index contributed by atoms with van der Waals surface area (Å²) in [5, 5.41) is 7.57. The van der Waals surface area contributed by atoms with Crippen LogP contribution < -0.4 is 9.64 Å². The van der Waals surface area contributed by atoms with Crippen molar-refractivity contribution in [1.82, 2.24) is 10.2 Å². The highest BCUT2D eigenvalue weighted by atomic mass is 35.5. The lowest BCUT2D eigenvalue weighted by Crippen LogP contribution is -2.32. The number of methoxy groups -OCH3 is 1. The normalized spacial score (nSPS) is 16.4. The van der Waals surface area contributed by atoms with Crippen molar-refractivity contribution in [3.8, 4) is 5.75 Å². The van der Waals surface area contributed by atoms with Crippen molar-refractivity contribution in [2.45, 2.75) is 18.8 Å². The lowest BCUT2D eigenvalue weighted by molar-refractivity contribution is 0.414. The summed E-state index contributed by atoms with van der Waals surface area (Å²) in [5.41, 5.74) is 2.49. The Morgan fingerprint density at radius 3 is 2.75 bits per heavy atom. The minimum absolute atomic E-state index is 0.571. The molecule has 0 saturated carbocycles. The number of H-pyrrole nitrogens is 1. The molecule has 0 bridgehead atoms. The molecular weight excluding hydrogens is 274 g/mol. The Labute approximate surface area is 123 Å². The first-order valence-corrected chi connectivity index (χ1v) is 7.23. The molecule has 1 fully saturated rings. The summed E-state index contributed by atoms with van der Waals surface area (Å²) in [7, 11) is 1.64. The van der Waals surface area contributed by atoms with Crippen LogP contribution in [-0.4, -0.2) is 30.4 Å². The average molecular weight is 292 g/mol. The number of rotatable bonds is 3. The third-order valence-electron chi connectivity index (χ3n) is 3.99. The van der Waals surface area contributed by atoms with Crippen LogP contribution in [0.15, 0.2) is 30.6 Å². The average Bonchev–Trinajstić information content (AvgIpc) is 3.01. The molecule has 1 aliphatic heterocycles. The van der Waals surface area contributed by atoms with Crippen molar-refractivity contribution < 1.29 is 4.74 Å². The van der Waals surface area contributed by atoms with E-state index in [0.717, 1.165) is 31.7 Å². The van der Waals surface area contributed by atoms with Gasteiger partial charge < -0.3 is 9.64 Å². The van der Waals surface area contributed by atoms with E-state index in [9.17, 15) is 0 Å². The number of piperidine rings is 1. The molecule has 0 amide bonds. The summed E-state index contributed by atoms with van der Waals surface area (Å²) in [6.45, 7) is 2.10. The summed E-state index contributed by atoms with van der Waals surface area (Å²) < 4.78 is 5.20. The van der Waals surface area contributed by atoms with Crippen molar-refractivity contribution >= 4 is 17.3 Å². The number of aromatic amines is 1. The molecule has 106 valence electrons. The molecule has 1 aromatic carbocycles. The van der Waals surface area contributed by atoms with E-state index in [2.05, 4.69) is 21.2 Å². The van der Waals surface area contributed by atoms with Crippen molar-refractivity contribution in [2.24, 2.45) is 0 Å². The van der Waals surface area contributed by atoms with E-state index in [1.54, 1.807) is 7.11 Å². The molecule has 1 aliphatic rings. The number of aromatic nitrogens is 2. The van der Waals surface area contributed by atoms with Crippen LogP contribution in [0.1, 0.15) is 24.3 Å². The topological polar surface area (TPSA) is 41.1 Å². The zero-order valence-electron chi connectivity index (χ0n) is 11.5. The summed E-state index contributed by atoms with van der Waals surface area (Å²) >= 11 is 6.21. The molecule has 5 heteroatoms. The number of anilines is 1. The maximum atomic E-state index is 6.21. The van der Waals surface area contributed by atoms with Gasteiger partial charge in [-0.2, -0.15) is 5.10 Å². The first-order chi connectivity index (χ1) is 9.78. The Kier molecular flexibility index (Phi) is 3.83. The zero-order chi connectivity index (χ0) is 13.9. The minimum atomic E-state index is 0.571. The Bertz CT molecular complexity index is 563. The van der Waals surface area contributed by atoms with Crippen LogP contribution in [0.25, 0.3) is 0 Å². The van der Waals surface area contributed by atoms with Gasteiger partial charge in [-0.3, -0.25) is 5.10 Å². The van der Waals surface area contributed by atoms with E-state index in [1.807, 2.05) is 24.5 Å². The van der Waals surface area contributed by atoms with E-state index in [1.165, 1.54) is 11.3 Å². The van der Waals surface area contributed by atoms with Gasteiger partial charge in [0.05, 0.1) is 24.0 Å². The molecule has 0 radical (unpaired) electrons. The number of halogens is 1. The van der Waals surface area contributed by atoms with Gasteiger partial charge in [0.25, 0.3) is 0 Å². The maximum Gasteiger partial charge on any atom is 0.137 e. The monoisotopic (exact) mass is 291 g/mol. The molecule has 20 heavy (non-hydrogen) atoms. The Morgan fingerprint density at radius 2 is 2.15 bits per heavy atom. The van der Waals surface area contributed by atoms with Gasteiger partial charge in [-0.1, -0.05) is 17.7 Å². The molecule has 1 aromatic heterocycles. The number of nitrogens with one attached hydrogen (secondary N) is 1. The maximum absolute atomic E-state index is 6.21. The van der Waals surface area contributed by atoms with Crippen molar-refractivity contribution in [3.05, 3.63) is 41.2 Å². The molecular formula is C15H18ClN3O. The van der Waals surface area contributed by atoms with Gasteiger partial charge in [0.1, 0.15) is 5.75 Å². The summed E-state index contributed by atoms with van der Waals surface area (Å²) in [6.07, 6.45) is 6.09. The molecule has 2 aromatic rings. The van der Waals surface area contributed by atoms with Crippen molar-refractivity contribution in [1.29, 1.82) is 0 Å². The first-order valence-electron chi connectivity index (χ1n) is 6.85. The van der Waals surface area contributed by atoms with E-state index < -0.39 is 0 Å². The molecule has 1 saturated heterocycles. The van der Waals surface area contributed by atoms with Gasteiger partial charge in [0.15, 0.2) is 0 Å². The number of hydrogen-bond acceptors (Lipinski definition) is 3. The van der Waals surface area contributed by atoms with Crippen LogP contribution in [0.3, 0.4) is 0 Å². The summed E-state index contributed by atoms with van der Waals surface area (Å²) in [5.74, 6) is 1.31. The quantitative estimate of drug-likeness (QED) is 0.941. The highest BCUT2D eigenvalue weighted by molar-refractivity contribution is 6.32. The standard InChI is InChI=1S/C15H18ClN3O/c1-20-15-3-2-12(8-14(15)16)11-4-6-19(7-5-11)13-9-17-18-10-13/h2-3,8-11H,4-7H2,1H3,(H,17,18). The van der Waals surface area contributed by atoms with Crippen molar-refractivity contribution in [3.63, 3.8) is 0 Å². The second-order valence-electron chi connectivity index (χ2n) is 5.11. The number of ether oxygens (including phenoxy) is 1. The fourth-order valence-electron chi connectivity index (χ4n) is 2.82. The van der Waals surface area contributed by atoms with E-state index in [-0.39, 0.29) is 0 Å². The fourth-order valence-corrected chi connectivity index (χ4v) is 3.09. The predicted octanol–water partition coefficient (Wildman–Crippen LogP) is 3.46. The van der Waals surface area contributed by atoms with E-state index in [0.29, 0.717) is 10.9 Å². The Balaban J connectivity index is 1.67. The van der Waals surface area contributed by atoms with Gasteiger partial charge in [-0.15, -0.1) is 0 Å². The molecule has 1 N–H and O–H groups in total. The predicted molar refractivity (Wildman–Crippen MR) is 80.8 cm³/mol. The Morgan fingerprint density at radius 1 is 1.35 bits per heavy atom. The second-order valence-corrected chi connectivity index (χ2v) is 5.52. The SMILES string of the molecule is COc1ccc(C2CCN(c3cn[nH]c3)CC2)cc1Cl. The van der Waals surface area contributed by atoms with Crippen LogP contribution in [0.4, 0.5) is 5.69 Å². The molecule has 3 rings (SSSR count). The molecule has 0 atom stereocenters. The molecule has 0 unspecified atom stereocenters. The number of hydrogen-bond donors (Lipinski definition) is 1. The zero-order valence-corrected chi connectivity index (χ0v) is 12.2. The number of benzene rings is 1. The van der Waals surface area contributed by atoms with Crippen LogP contribution in [0.5, 0.6) is 5.75 Å². The summed E-state index contributed by atoms with van der Waals surface area (Å²) in [4.78, 5) is 2.37. The summed E-state index contributed by atoms with van der Waals surface area (Å²) in [6, 6.07) is 6.13. The smallest absolute Gasteiger partial charge is 0.137 e. The lowest BCUT2D eigenvalue weighted by Gasteiger charge is -2.33. The van der Waals surface area contributed by atoms with Gasteiger partial charge in [-0.25, -0.2) is 0 Å². The molecule has 0 spiro atoms. The molecule has 2 heterocycles. The fraction of sp³-hybridized carbons (Fsp3) is 0.400. The number of nitrogens with zero attached hydrogens (tertiary/aromatic N) is 2. The van der Waals surface area contributed by atoms with Crippen LogP contribution >= 0.6 is 11.6 Å². The minimum Gasteiger partial charge on any atom is -0.495 e. The second kappa shape index (κ2) is 5.75. The van der Waals surface area contributed by atoms with Crippen LogP contribution in [0.2, 0.25) is 5.02 Å². The largest absolute Gasteiger partial charge is 0.495 e. The van der Waals surface area contributed by atoms with Gasteiger partial charge in [0.2, 0.25) is 0 Å². The third-order valence-corrected chi connectivity index (χ3v) is 4.29. The molecule has 4 nitrogen and oxygen atoms in total. The van der Waals surface area contributed by atoms with Crippen LogP contribution in [-0.2, 0) is 0 Å². The van der Waals surface area contributed by atoms with Crippen LogP contribution in [0, 0.1) is 0 Å². The third kappa shape index (κ3) is 2.61. The van der Waals surface area contributed by atoms with Crippen molar-refractivity contribution in [2.75, 3.05) is 25.1 Å². The van der Waals surface area contributed by atoms with E-state index >= 15 is 0 Å². The lowest BCUT2D eigenvalue weighted by atomic mass is 9.89. The van der Waals surface area contributed by atoms with Gasteiger partial charge in [0, 0.05) is 19.3 Å². The van der Waals surface area contributed by atoms with Gasteiger partial charge >= 0.3 is 0 Å². The van der Waals surface area contributed by atoms with Gasteiger partial charge in [-0.05, 0) is 36.5 Å².